The molecular weight excluding hydrogens is 308 g/mol. The number of carbonyl (C=O) groups is 1. The van der Waals surface area contributed by atoms with Gasteiger partial charge < -0.3 is 10.1 Å². The highest BCUT2D eigenvalue weighted by atomic mass is 32.1. The number of carbonyl (C=O) groups excluding carboxylic acids is 1. The number of amides is 1. The third-order valence-corrected chi connectivity index (χ3v) is 4.81. The number of benzene rings is 1. The first-order valence-corrected chi connectivity index (χ1v) is 9.05. The van der Waals surface area contributed by atoms with Crippen molar-refractivity contribution in [2.75, 3.05) is 5.32 Å². The van der Waals surface area contributed by atoms with Gasteiger partial charge in [0.05, 0.1) is 18.2 Å². The van der Waals surface area contributed by atoms with Crippen molar-refractivity contribution in [2.45, 2.75) is 45.3 Å². The zero-order valence-electron chi connectivity index (χ0n) is 13.3. The number of hydrogen-bond donors (Lipinski definition) is 1. The molecule has 1 fully saturated rings. The Morgan fingerprint density at radius 3 is 3.13 bits per heavy atom. The molecule has 1 aromatic heterocycles. The molecule has 2 aromatic rings. The van der Waals surface area contributed by atoms with Crippen molar-refractivity contribution in [3.05, 3.63) is 46.4 Å². The van der Waals surface area contributed by atoms with Crippen LogP contribution in [0.3, 0.4) is 0 Å². The summed E-state index contributed by atoms with van der Waals surface area (Å²) in [6.45, 7) is 2.89. The van der Waals surface area contributed by atoms with Crippen LogP contribution in [-0.2, 0) is 11.3 Å². The van der Waals surface area contributed by atoms with Crippen molar-refractivity contribution < 1.29 is 9.53 Å². The lowest BCUT2D eigenvalue weighted by Gasteiger charge is -2.26. The van der Waals surface area contributed by atoms with Crippen LogP contribution in [0, 0.1) is 5.92 Å². The van der Waals surface area contributed by atoms with Gasteiger partial charge in [-0.25, -0.2) is 4.98 Å². The zero-order valence-corrected chi connectivity index (χ0v) is 14.1. The highest BCUT2D eigenvalue weighted by Gasteiger charge is 2.19. The second-order valence-corrected chi connectivity index (χ2v) is 6.95. The van der Waals surface area contributed by atoms with E-state index in [4.69, 9.17) is 4.74 Å². The molecule has 122 valence electrons. The Morgan fingerprint density at radius 2 is 2.35 bits per heavy atom. The molecule has 0 spiro atoms. The molecule has 4 nitrogen and oxygen atoms in total. The molecule has 2 unspecified atom stereocenters. The zero-order chi connectivity index (χ0) is 16.1. The van der Waals surface area contributed by atoms with Crippen molar-refractivity contribution in [2.24, 2.45) is 5.92 Å². The largest absolute Gasteiger partial charge is 0.374 e. The minimum Gasteiger partial charge on any atom is -0.374 e. The molecule has 1 aromatic carbocycles. The standard InChI is InChI=1S/C18H22N2O2S/c1-13-4-2-7-16(8-13)22-10-14-5-3-6-15(9-14)20-18(21)17-11-23-12-19-17/h3,5-6,9,11-13,16H,2,4,7-8,10H2,1H3,(H,20,21). The SMILES string of the molecule is CC1CCCC(OCc2cccc(NC(=O)c3cscn3)c2)C1. The number of nitrogens with one attached hydrogen (secondary N) is 1. The van der Waals surface area contributed by atoms with Crippen LogP contribution in [0.4, 0.5) is 5.69 Å². The molecule has 0 bridgehead atoms. The average molecular weight is 330 g/mol. The van der Waals surface area contributed by atoms with Crippen molar-refractivity contribution in [1.82, 2.24) is 4.98 Å². The fourth-order valence-electron chi connectivity index (χ4n) is 3.00. The van der Waals surface area contributed by atoms with Gasteiger partial charge in [0.15, 0.2) is 0 Å². The second-order valence-electron chi connectivity index (χ2n) is 6.23. The summed E-state index contributed by atoms with van der Waals surface area (Å²) in [5.74, 6) is 0.586. The van der Waals surface area contributed by atoms with Gasteiger partial charge in [0.2, 0.25) is 0 Å². The number of anilines is 1. The predicted octanol–water partition coefficient (Wildman–Crippen LogP) is 4.49. The monoisotopic (exact) mass is 330 g/mol. The summed E-state index contributed by atoms with van der Waals surface area (Å²) < 4.78 is 6.05. The summed E-state index contributed by atoms with van der Waals surface area (Å²) in [5, 5.41) is 4.62. The van der Waals surface area contributed by atoms with Crippen LogP contribution in [-0.4, -0.2) is 17.0 Å². The van der Waals surface area contributed by atoms with E-state index in [0.717, 1.165) is 30.0 Å². The Hall–Kier alpha value is -1.72. The molecule has 3 rings (SSSR count). The molecule has 1 N–H and O–H groups in total. The lowest BCUT2D eigenvalue weighted by Crippen LogP contribution is -2.21. The van der Waals surface area contributed by atoms with Crippen LogP contribution in [0.2, 0.25) is 0 Å². The number of ether oxygens (including phenoxy) is 1. The van der Waals surface area contributed by atoms with E-state index in [-0.39, 0.29) is 5.91 Å². The van der Waals surface area contributed by atoms with Gasteiger partial charge >= 0.3 is 0 Å². The number of thiazole rings is 1. The summed E-state index contributed by atoms with van der Waals surface area (Å²) in [5.41, 5.74) is 3.97. The quantitative estimate of drug-likeness (QED) is 0.878. The summed E-state index contributed by atoms with van der Waals surface area (Å²) in [7, 11) is 0. The molecule has 5 heteroatoms. The highest BCUT2D eigenvalue weighted by Crippen LogP contribution is 2.26. The maximum Gasteiger partial charge on any atom is 0.275 e. The van der Waals surface area contributed by atoms with Crippen LogP contribution < -0.4 is 5.32 Å². The van der Waals surface area contributed by atoms with Crippen LogP contribution in [0.5, 0.6) is 0 Å². The first-order valence-electron chi connectivity index (χ1n) is 8.11. The number of rotatable bonds is 5. The van der Waals surface area contributed by atoms with Gasteiger partial charge in [-0.2, -0.15) is 0 Å². The Morgan fingerprint density at radius 1 is 1.43 bits per heavy atom. The molecule has 23 heavy (non-hydrogen) atoms. The third-order valence-electron chi connectivity index (χ3n) is 4.22. The predicted molar refractivity (Wildman–Crippen MR) is 92.7 cm³/mol. The normalized spacial score (nSPS) is 21.1. The number of aromatic nitrogens is 1. The number of nitrogens with zero attached hydrogens (tertiary/aromatic N) is 1. The van der Waals surface area contributed by atoms with E-state index in [9.17, 15) is 4.79 Å². The van der Waals surface area contributed by atoms with Gasteiger partial charge in [0.25, 0.3) is 5.91 Å². The fraction of sp³-hybridized carbons (Fsp3) is 0.444. The third kappa shape index (κ3) is 4.62. The summed E-state index contributed by atoms with van der Waals surface area (Å²) in [4.78, 5) is 16.1. The van der Waals surface area contributed by atoms with Gasteiger partial charge in [-0.3, -0.25) is 4.79 Å². The Labute approximate surface area is 140 Å². The lowest BCUT2D eigenvalue weighted by molar-refractivity contribution is 0.00468. The van der Waals surface area contributed by atoms with Crippen LogP contribution in [0.15, 0.2) is 35.2 Å². The summed E-state index contributed by atoms with van der Waals surface area (Å²) in [6, 6.07) is 7.83. The summed E-state index contributed by atoms with van der Waals surface area (Å²) >= 11 is 1.41. The Kier molecular flexibility index (Phi) is 5.41. The van der Waals surface area contributed by atoms with Crippen molar-refractivity contribution >= 4 is 22.9 Å². The van der Waals surface area contributed by atoms with E-state index in [2.05, 4.69) is 17.2 Å². The highest BCUT2D eigenvalue weighted by molar-refractivity contribution is 7.07. The van der Waals surface area contributed by atoms with E-state index in [0.29, 0.717) is 18.4 Å². The molecule has 0 radical (unpaired) electrons. The smallest absolute Gasteiger partial charge is 0.275 e. The minimum absolute atomic E-state index is 0.176. The molecule has 0 aliphatic heterocycles. The molecule has 2 atom stereocenters. The van der Waals surface area contributed by atoms with E-state index < -0.39 is 0 Å². The molecular formula is C18H22N2O2S. The van der Waals surface area contributed by atoms with Gasteiger partial charge in [-0.1, -0.05) is 31.9 Å². The van der Waals surface area contributed by atoms with Crippen molar-refractivity contribution in [3.63, 3.8) is 0 Å². The van der Waals surface area contributed by atoms with Gasteiger partial charge in [0.1, 0.15) is 5.69 Å². The summed E-state index contributed by atoms with van der Waals surface area (Å²) in [6.07, 6.45) is 5.25. The molecule has 1 amide bonds. The van der Waals surface area contributed by atoms with E-state index in [1.807, 2.05) is 24.3 Å². The first kappa shape index (κ1) is 16.1. The Bertz CT molecular complexity index is 642. The average Bonchev–Trinajstić information content (AvgIpc) is 3.08. The fourth-order valence-corrected chi connectivity index (χ4v) is 3.53. The van der Waals surface area contributed by atoms with Crippen LogP contribution in [0.25, 0.3) is 0 Å². The van der Waals surface area contributed by atoms with Gasteiger partial charge in [0, 0.05) is 11.1 Å². The minimum atomic E-state index is -0.176. The molecule has 1 heterocycles. The van der Waals surface area contributed by atoms with E-state index in [1.54, 1.807) is 10.9 Å². The first-order chi connectivity index (χ1) is 11.2. The molecule has 0 saturated heterocycles. The lowest BCUT2D eigenvalue weighted by atomic mass is 9.89. The molecule has 1 aliphatic rings. The second kappa shape index (κ2) is 7.70. The molecule has 1 saturated carbocycles. The Balaban J connectivity index is 1.55. The van der Waals surface area contributed by atoms with Crippen molar-refractivity contribution in [1.29, 1.82) is 0 Å². The number of hydrogen-bond acceptors (Lipinski definition) is 4. The van der Waals surface area contributed by atoms with Crippen LogP contribution in [0.1, 0.15) is 48.7 Å². The maximum atomic E-state index is 12.0. The maximum absolute atomic E-state index is 12.0. The van der Waals surface area contributed by atoms with E-state index >= 15 is 0 Å². The molecule has 1 aliphatic carbocycles. The van der Waals surface area contributed by atoms with Crippen molar-refractivity contribution in [3.8, 4) is 0 Å². The van der Waals surface area contributed by atoms with Gasteiger partial charge in [-0.15, -0.1) is 11.3 Å². The van der Waals surface area contributed by atoms with Crippen LogP contribution >= 0.6 is 11.3 Å². The van der Waals surface area contributed by atoms with E-state index in [1.165, 1.54) is 24.2 Å². The van der Waals surface area contributed by atoms with Gasteiger partial charge in [-0.05, 0) is 36.5 Å². The topological polar surface area (TPSA) is 51.2 Å².